The maximum atomic E-state index is 6.25. The van der Waals surface area contributed by atoms with Crippen molar-refractivity contribution in [3.8, 4) is 22.3 Å². The molecule has 0 fully saturated rings. The minimum atomic E-state index is -0.139. The SMILES string of the molecule is C1=CC(c2ccccc2)CC=C1c1ccccc1.C=C/C=C\C=C/C.CC1CC=Cc2c1oc1ccc(-c3ccc(N(c4ccccc4)c4ccc5c(c4)C(C)(C)c4cc(N)ccc4-5)cc3)cc21. The molecule has 1 aromatic heterocycles. The quantitative estimate of drug-likeness (QED) is 0.122. The van der Waals surface area contributed by atoms with Crippen molar-refractivity contribution in [2.24, 2.45) is 0 Å². The highest BCUT2D eigenvalue weighted by Gasteiger charge is 2.36. The fraction of sp³-hybridized carbons (Fsp3) is 0.138. The largest absolute Gasteiger partial charge is 0.460 e. The van der Waals surface area contributed by atoms with E-state index in [1.54, 1.807) is 6.08 Å². The Bertz CT molecular complexity index is 3180. The van der Waals surface area contributed by atoms with Gasteiger partial charge < -0.3 is 15.1 Å². The zero-order valence-corrected chi connectivity index (χ0v) is 39.6. The van der Waals surface area contributed by atoms with Crippen molar-refractivity contribution in [2.45, 2.75) is 57.8 Å². The van der Waals surface area contributed by atoms with Crippen molar-refractivity contribution in [3.05, 3.63) is 265 Å². The van der Waals surface area contributed by atoms with Crippen LogP contribution in [0.4, 0.5) is 22.7 Å². The zero-order valence-electron chi connectivity index (χ0n) is 39.6. The Morgan fingerprint density at radius 1 is 0.632 bits per heavy atom. The molecule has 11 rings (SSSR count). The first-order chi connectivity index (χ1) is 33.2. The summed E-state index contributed by atoms with van der Waals surface area (Å²) in [6.07, 6.45) is 23.0. The number of para-hydroxylation sites is 1. The highest BCUT2D eigenvalue weighted by molar-refractivity contribution is 5.93. The van der Waals surface area contributed by atoms with Crippen molar-refractivity contribution in [3.63, 3.8) is 0 Å². The first-order valence-corrected chi connectivity index (χ1v) is 23.9. The third-order valence-corrected chi connectivity index (χ3v) is 13.4. The van der Waals surface area contributed by atoms with Gasteiger partial charge in [0, 0.05) is 51.0 Å². The summed E-state index contributed by atoms with van der Waals surface area (Å²) in [5, 5.41) is 1.19. The Balaban J connectivity index is 0.000000190. The molecular weight excluding hydrogens is 825 g/mol. The molecule has 0 spiro atoms. The van der Waals surface area contributed by atoms with Crippen molar-refractivity contribution >= 4 is 45.4 Å². The van der Waals surface area contributed by atoms with Crippen LogP contribution >= 0.6 is 0 Å². The molecule has 0 saturated carbocycles. The van der Waals surface area contributed by atoms with Crippen molar-refractivity contribution < 1.29 is 4.42 Å². The van der Waals surface area contributed by atoms with E-state index < -0.39 is 0 Å². The number of nitrogens with zero attached hydrogens (tertiary/aromatic N) is 1. The van der Waals surface area contributed by atoms with Crippen molar-refractivity contribution in [1.29, 1.82) is 0 Å². The second kappa shape index (κ2) is 20.3. The van der Waals surface area contributed by atoms with Gasteiger partial charge in [0.15, 0.2) is 0 Å². The molecule has 336 valence electrons. The number of furan rings is 1. The number of rotatable bonds is 8. The smallest absolute Gasteiger partial charge is 0.134 e. The van der Waals surface area contributed by atoms with E-state index in [9.17, 15) is 0 Å². The highest BCUT2D eigenvalue weighted by Crippen LogP contribution is 2.51. The standard InChI is InChI=1S/C40H34N2O.C18H16.C7H10/c1-25-8-7-11-34-35-22-27(14-21-38(35)43-39(25)34)26-12-16-30(17-13-26)42(29-9-5-4-6-10-29)31-18-20-33-32-19-15-28(41)23-36(32)40(2,3)37(33)24-31;1-3-7-15(8-4-1)17-11-13-18(14-12-17)16-9-5-2-6-10-16;1-3-5-7-6-4-2/h4-7,9-25H,8,41H2,1-3H3;1-13,18H,14H2;3-7H,1H2,2H3/b;;6-4-,7-5-. The lowest BCUT2D eigenvalue weighted by Crippen LogP contribution is -2.16. The lowest BCUT2D eigenvalue weighted by Gasteiger charge is -2.28. The predicted octanol–water partition coefficient (Wildman–Crippen LogP) is 18.1. The van der Waals surface area contributed by atoms with Gasteiger partial charge in [0.25, 0.3) is 0 Å². The van der Waals surface area contributed by atoms with E-state index >= 15 is 0 Å². The monoisotopic (exact) mass is 884 g/mol. The second-order valence-corrected chi connectivity index (χ2v) is 18.3. The molecule has 3 aliphatic carbocycles. The number of benzene rings is 7. The third-order valence-electron chi connectivity index (χ3n) is 13.4. The number of hydrogen-bond donors (Lipinski definition) is 1. The van der Waals surface area contributed by atoms with Gasteiger partial charge in [-0.3, -0.25) is 0 Å². The van der Waals surface area contributed by atoms with Crippen molar-refractivity contribution in [1.82, 2.24) is 0 Å². The molecule has 0 bridgehead atoms. The summed E-state index contributed by atoms with van der Waals surface area (Å²) in [6.45, 7) is 12.3. The van der Waals surface area contributed by atoms with E-state index in [0.717, 1.165) is 46.9 Å². The molecule has 3 heteroatoms. The number of anilines is 4. The van der Waals surface area contributed by atoms with E-state index in [2.05, 4.69) is 226 Å². The van der Waals surface area contributed by atoms with Crippen LogP contribution in [0, 0.1) is 0 Å². The summed E-state index contributed by atoms with van der Waals surface area (Å²) >= 11 is 0. The minimum absolute atomic E-state index is 0.139. The van der Waals surface area contributed by atoms with Gasteiger partial charge >= 0.3 is 0 Å². The predicted molar refractivity (Wildman–Crippen MR) is 292 cm³/mol. The summed E-state index contributed by atoms with van der Waals surface area (Å²) in [6, 6.07) is 60.5. The molecule has 2 atom stereocenters. The van der Waals surface area contributed by atoms with E-state index in [1.165, 1.54) is 61.0 Å². The van der Waals surface area contributed by atoms with Crippen LogP contribution in [0.25, 0.3) is 44.9 Å². The normalized spacial score (nSPS) is 16.2. The fourth-order valence-corrected chi connectivity index (χ4v) is 9.73. The van der Waals surface area contributed by atoms with Crippen LogP contribution in [0.3, 0.4) is 0 Å². The Morgan fingerprint density at radius 2 is 1.28 bits per heavy atom. The Morgan fingerprint density at radius 3 is 1.97 bits per heavy atom. The van der Waals surface area contributed by atoms with Gasteiger partial charge in [0.2, 0.25) is 0 Å². The summed E-state index contributed by atoms with van der Waals surface area (Å²) in [5.74, 6) is 2.04. The molecule has 8 aromatic rings. The van der Waals surface area contributed by atoms with Gasteiger partial charge in [0.05, 0.1) is 0 Å². The van der Waals surface area contributed by atoms with Gasteiger partial charge in [0.1, 0.15) is 11.3 Å². The lowest BCUT2D eigenvalue weighted by atomic mass is 9.82. The molecule has 0 amide bonds. The molecule has 68 heavy (non-hydrogen) atoms. The average Bonchev–Trinajstić information content (AvgIpc) is 3.87. The number of nitrogen functional groups attached to an aromatic ring is 1. The zero-order chi connectivity index (χ0) is 47.0. The maximum Gasteiger partial charge on any atom is 0.134 e. The molecule has 0 radical (unpaired) electrons. The number of nitrogens with two attached hydrogens (primary N) is 1. The topological polar surface area (TPSA) is 42.4 Å². The summed E-state index contributed by atoms with van der Waals surface area (Å²) in [4.78, 5) is 2.35. The van der Waals surface area contributed by atoms with Gasteiger partial charge in [-0.1, -0.05) is 197 Å². The fourth-order valence-electron chi connectivity index (χ4n) is 9.73. The van der Waals surface area contributed by atoms with E-state index in [4.69, 9.17) is 10.2 Å². The molecular formula is C65H60N2O. The Hall–Kier alpha value is -7.88. The van der Waals surface area contributed by atoms with Crippen LogP contribution in [-0.2, 0) is 5.41 Å². The van der Waals surface area contributed by atoms with E-state index in [-0.39, 0.29) is 5.41 Å². The van der Waals surface area contributed by atoms with Gasteiger partial charge in [-0.2, -0.15) is 0 Å². The first kappa shape index (κ1) is 45.3. The minimum Gasteiger partial charge on any atom is -0.460 e. The van der Waals surface area contributed by atoms with Crippen LogP contribution in [0.5, 0.6) is 0 Å². The molecule has 0 aliphatic heterocycles. The number of fused-ring (bicyclic) bond motifs is 6. The molecule has 7 aromatic carbocycles. The van der Waals surface area contributed by atoms with E-state index in [0.29, 0.717) is 11.8 Å². The van der Waals surface area contributed by atoms with Crippen LogP contribution in [0.2, 0.25) is 0 Å². The van der Waals surface area contributed by atoms with Crippen LogP contribution in [-0.4, -0.2) is 0 Å². The number of hydrogen-bond acceptors (Lipinski definition) is 3. The summed E-state index contributed by atoms with van der Waals surface area (Å²) < 4.78 is 6.25. The van der Waals surface area contributed by atoms with Crippen LogP contribution in [0.15, 0.2) is 236 Å². The molecule has 0 saturated heterocycles. The molecule has 1 heterocycles. The van der Waals surface area contributed by atoms with Gasteiger partial charge in [-0.15, -0.1) is 0 Å². The van der Waals surface area contributed by atoms with Crippen molar-refractivity contribution in [2.75, 3.05) is 10.6 Å². The summed E-state index contributed by atoms with van der Waals surface area (Å²) in [7, 11) is 0. The van der Waals surface area contributed by atoms with Crippen LogP contribution < -0.4 is 10.6 Å². The maximum absolute atomic E-state index is 6.25. The Kier molecular flexibility index (Phi) is 13.5. The average molecular weight is 885 g/mol. The molecule has 2 N–H and O–H groups in total. The Labute approximate surface area is 403 Å². The van der Waals surface area contributed by atoms with Gasteiger partial charge in [-0.05, 0) is 131 Å². The molecule has 2 unspecified atom stereocenters. The first-order valence-electron chi connectivity index (χ1n) is 23.9. The highest BCUT2D eigenvalue weighted by atomic mass is 16.3. The number of allylic oxidation sites excluding steroid dienone is 10. The third kappa shape index (κ3) is 9.52. The molecule has 3 aliphatic rings. The summed E-state index contributed by atoms with van der Waals surface area (Å²) in [5.41, 5.74) is 24.0. The van der Waals surface area contributed by atoms with Crippen LogP contribution in [0.1, 0.15) is 85.9 Å². The second-order valence-electron chi connectivity index (χ2n) is 18.3. The lowest BCUT2D eigenvalue weighted by molar-refractivity contribution is 0.504. The molecule has 3 nitrogen and oxygen atoms in total. The van der Waals surface area contributed by atoms with E-state index in [1.807, 2.05) is 37.3 Å². The van der Waals surface area contributed by atoms with Gasteiger partial charge in [-0.25, -0.2) is 0 Å².